The summed E-state index contributed by atoms with van der Waals surface area (Å²) in [6.45, 7) is 0. The molecular formula is C9H9NO6S. The van der Waals surface area contributed by atoms with Crippen molar-refractivity contribution in [3.05, 3.63) is 35.4 Å². The SMILES string of the molecule is NC(=O)C(O)c1ccc(C2OS(=O)(=O)O2)cc1. The Morgan fingerprint density at radius 3 is 2.24 bits per heavy atom. The lowest BCUT2D eigenvalue weighted by molar-refractivity contribution is -0.126. The molecule has 0 spiro atoms. The van der Waals surface area contributed by atoms with Crippen LogP contribution in [0, 0.1) is 0 Å². The van der Waals surface area contributed by atoms with Crippen LogP contribution < -0.4 is 5.73 Å². The van der Waals surface area contributed by atoms with Crippen LogP contribution in [0.2, 0.25) is 0 Å². The lowest BCUT2D eigenvalue weighted by Gasteiger charge is -2.25. The van der Waals surface area contributed by atoms with Crippen LogP contribution in [0.25, 0.3) is 0 Å². The van der Waals surface area contributed by atoms with Gasteiger partial charge in [-0.05, 0) is 5.56 Å². The molecule has 7 nitrogen and oxygen atoms in total. The van der Waals surface area contributed by atoms with E-state index in [0.717, 1.165) is 0 Å². The van der Waals surface area contributed by atoms with Crippen molar-refractivity contribution in [3.63, 3.8) is 0 Å². The zero-order valence-electron chi connectivity index (χ0n) is 8.44. The summed E-state index contributed by atoms with van der Waals surface area (Å²) in [5, 5.41) is 9.35. The molecule has 0 saturated carbocycles. The first kappa shape index (κ1) is 12.0. The third-order valence-corrected chi connectivity index (χ3v) is 3.03. The Bertz CT molecular complexity index is 525. The fraction of sp³-hybridized carbons (Fsp3) is 0.222. The molecule has 3 N–H and O–H groups in total. The first-order chi connectivity index (χ1) is 7.89. The Morgan fingerprint density at radius 1 is 1.29 bits per heavy atom. The standard InChI is InChI=1S/C9H9NO6S/c10-8(12)7(11)5-1-3-6(4-2-5)9-15-17(13,14)16-9/h1-4,7,9,11H,(H2,10,12). The Hall–Kier alpha value is -1.48. The Morgan fingerprint density at radius 2 is 1.82 bits per heavy atom. The zero-order valence-corrected chi connectivity index (χ0v) is 9.25. The van der Waals surface area contributed by atoms with Crippen LogP contribution in [0.5, 0.6) is 0 Å². The number of nitrogens with two attached hydrogens (primary N) is 1. The van der Waals surface area contributed by atoms with E-state index in [-0.39, 0.29) is 0 Å². The topological polar surface area (TPSA) is 116 Å². The van der Waals surface area contributed by atoms with Crippen LogP contribution >= 0.6 is 0 Å². The van der Waals surface area contributed by atoms with Gasteiger partial charge in [0.1, 0.15) is 0 Å². The number of rotatable bonds is 3. The van der Waals surface area contributed by atoms with E-state index in [0.29, 0.717) is 11.1 Å². The maximum absolute atomic E-state index is 10.7. The van der Waals surface area contributed by atoms with E-state index in [9.17, 15) is 18.3 Å². The highest BCUT2D eigenvalue weighted by atomic mass is 32.3. The first-order valence-electron chi connectivity index (χ1n) is 4.58. The van der Waals surface area contributed by atoms with Gasteiger partial charge >= 0.3 is 10.4 Å². The molecule has 0 bridgehead atoms. The van der Waals surface area contributed by atoms with Crippen molar-refractivity contribution < 1.29 is 26.7 Å². The molecule has 0 radical (unpaired) electrons. The Labute approximate surface area is 97.1 Å². The average Bonchev–Trinajstić information content (AvgIpc) is 2.25. The lowest BCUT2D eigenvalue weighted by Crippen LogP contribution is -2.29. The number of aliphatic hydroxyl groups is 1. The van der Waals surface area contributed by atoms with Gasteiger partial charge in [0.15, 0.2) is 6.10 Å². The highest BCUT2D eigenvalue weighted by Gasteiger charge is 2.37. The molecule has 17 heavy (non-hydrogen) atoms. The normalized spacial score (nSPS) is 20.5. The van der Waals surface area contributed by atoms with Crippen molar-refractivity contribution in [1.29, 1.82) is 0 Å². The number of amides is 1. The second-order valence-corrected chi connectivity index (χ2v) is 4.61. The van der Waals surface area contributed by atoms with Crippen LogP contribution in [0.4, 0.5) is 0 Å². The Balaban J connectivity index is 2.12. The maximum Gasteiger partial charge on any atom is 0.405 e. The summed E-state index contributed by atoms with van der Waals surface area (Å²) >= 11 is 0. The molecule has 0 aliphatic carbocycles. The molecule has 1 aliphatic heterocycles. The van der Waals surface area contributed by atoms with E-state index in [2.05, 4.69) is 8.37 Å². The summed E-state index contributed by atoms with van der Waals surface area (Å²) < 4.78 is 30.1. The maximum atomic E-state index is 10.7. The molecular weight excluding hydrogens is 250 g/mol. The molecule has 1 aliphatic rings. The van der Waals surface area contributed by atoms with E-state index in [1.807, 2.05) is 0 Å². The van der Waals surface area contributed by atoms with Gasteiger partial charge in [0.2, 0.25) is 6.29 Å². The highest BCUT2D eigenvalue weighted by Crippen LogP contribution is 2.33. The molecule has 1 amide bonds. The van der Waals surface area contributed by atoms with Gasteiger partial charge in [-0.2, -0.15) is 8.42 Å². The van der Waals surface area contributed by atoms with Gasteiger partial charge in [0.25, 0.3) is 5.91 Å². The quantitative estimate of drug-likeness (QED) is 0.755. The lowest BCUT2D eigenvalue weighted by atomic mass is 10.1. The summed E-state index contributed by atoms with van der Waals surface area (Å²) in [6, 6.07) is 5.81. The van der Waals surface area contributed by atoms with Gasteiger partial charge in [-0.15, -0.1) is 0 Å². The molecule has 0 aromatic heterocycles. The molecule has 1 aromatic rings. The molecule has 1 unspecified atom stereocenters. The monoisotopic (exact) mass is 259 g/mol. The van der Waals surface area contributed by atoms with Crippen molar-refractivity contribution in [2.75, 3.05) is 0 Å². The minimum atomic E-state index is -3.84. The second-order valence-electron chi connectivity index (χ2n) is 3.40. The van der Waals surface area contributed by atoms with E-state index < -0.39 is 28.7 Å². The van der Waals surface area contributed by atoms with Crippen LogP contribution in [0.3, 0.4) is 0 Å². The Kier molecular flexibility index (Phi) is 2.87. The minimum absolute atomic E-state index is 0.309. The van der Waals surface area contributed by atoms with Crippen molar-refractivity contribution >= 4 is 16.3 Å². The van der Waals surface area contributed by atoms with Crippen LogP contribution in [-0.2, 0) is 23.6 Å². The van der Waals surface area contributed by atoms with E-state index in [4.69, 9.17) is 5.73 Å². The third kappa shape index (κ3) is 2.44. The summed E-state index contributed by atoms with van der Waals surface area (Å²) in [7, 11) is -3.84. The second kappa shape index (κ2) is 4.08. The summed E-state index contributed by atoms with van der Waals surface area (Å²) in [5.41, 5.74) is 5.69. The van der Waals surface area contributed by atoms with Gasteiger partial charge in [-0.25, -0.2) is 8.37 Å². The molecule has 1 aromatic carbocycles. The van der Waals surface area contributed by atoms with Gasteiger partial charge in [-0.1, -0.05) is 24.3 Å². The molecule has 1 atom stereocenters. The van der Waals surface area contributed by atoms with Crippen LogP contribution in [0.15, 0.2) is 24.3 Å². The van der Waals surface area contributed by atoms with E-state index in [1.54, 1.807) is 0 Å². The number of benzene rings is 1. The van der Waals surface area contributed by atoms with Crippen molar-refractivity contribution in [3.8, 4) is 0 Å². The highest BCUT2D eigenvalue weighted by molar-refractivity contribution is 7.82. The summed E-state index contributed by atoms with van der Waals surface area (Å²) in [6.07, 6.45) is -2.37. The number of hydrogen-bond acceptors (Lipinski definition) is 6. The number of aliphatic hydroxyl groups excluding tert-OH is 1. The zero-order chi connectivity index (χ0) is 12.6. The molecule has 92 valence electrons. The predicted molar refractivity (Wildman–Crippen MR) is 54.4 cm³/mol. The fourth-order valence-electron chi connectivity index (χ4n) is 1.33. The smallest absolute Gasteiger partial charge is 0.378 e. The number of hydrogen-bond donors (Lipinski definition) is 2. The average molecular weight is 259 g/mol. The number of primary amides is 1. The molecule has 1 fully saturated rings. The number of carbonyl (C=O) groups is 1. The van der Waals surface area contributed by atoms with E-state index >= 15 is 0 Å². The third-order valence-electron chi connectivity index (χ3n) is 2.20. The minimum Gasteiger partial charge on any atom is -0.378 e. The predicted octanol–water partition coefficient (Wildman–Crippen LogP) is -0.505. The van der Waals surface area contributed by atoms with E-state index in [1.165, 1.54) is 24.3 Å². The van der Waals surface area contributed by atoms with Gasteiger partial charge in [0.05, 0.1) is 0 Å². The summed E-state index contributed by atoms with van der Waals surface area (Å²) in [5.74, 6) is -0.864. The molecule has 8 heteroatoms. The van der Waals surface area contributed by atoms with Gasteiger partial charge in [-0.3, -0.25) is 4.79 Å². The van der Waals surface area contributed by atoms with Crippen LogP contribution in [0.1, 0.15) is 23.5 Å². The fourth-order valence-corrected chi connectivity index (χ4v) is 2.00. The van der Waals surface area contributed by atoms with Gasteiger partial charge in [0, 0.05) is 5.56 Å². The summed E-state index contributed by atoms with van der Waals surface area (Å²) in [4.78, 5) is 10.7. The van der Waals surface area contributed by atoms with Gasteiger partial charge < -0.3 is 10.8 Å². The first-order valence-corrected chi connectivity index (χ1v) is 5.91. The van der Waals surface area contributed by atoms with Crippen molar-refractivity contribution in [2.24, 2.45) is 5.73 Å². The van der Waals surface area contributed by atoms with Crippen molar-refractivity contribution in [1.82, 2.24) is 0 Å². The van der Waals surface area contributed by atoms with Crippen molar-refractivity contribution in [2.45, 2.75) is 12.4 Å². The molecule has 1 heterocycles. The molecule has 1 saturated heterocycles. The largest absolute Gasteiger partial charge is 0.405 e. The molecule has 2 rings (SSSR count). The number of carbonyl (C=O) groups excluding carboxylic acids is 1. The van der Waals surface area contributed by atoms with Crippen LogP contribution in [-0.4, -0.2) is 19.4 Å².